The van der Waals surface area contributed by atoms with E-state index in [2.05, 4.69) is 43.1 Å². The van der Waals surface area contributed by atoms with Crippen LogP contribution in [0.1, 0.15) is 40.7 Å². The molecule has 0 spiro atoms. The molecule has 3 nitrogen and oxygen atoms in total. The Bertz CT molecular complexity index is 585. The molecule has 0 atom stereocenters. The molecule has 0 saturated heterocycles. The summed E-state index contributed by atoms with van der Waals surface area (Å²) in [6.07, 6.45) is 0. The number of nitrogens with zero attached hydrogens (tertiary/aromatic N) is 1. The number of carbonyl (C=O) groups excluding carboxylic acids is 1. The van der Waals surface area contributed by atoms with Gasteiger partial charge in [-0.05, 0) is 18.4 Å². The summed E-state index contributed by atoms with van der Waals surface area (Å²) in [7, 11) is 1.39. The van der Waals surface area contributed by atoms with Crippen molar-refractivity contribution in [3.63, 3.8) is 0 Å². The van der Waals surface area contributed by atoms with Crippen molar-refractivity contribution in [2.75, 3.05) is 7.11 Å². The summed E-state index contributed by atoms with van der Waals surface area (Å²) in [6, 6.07) is 8.31. The first kappa shape index (κ1) is 13.7. The molecule has 0 aliphatic carbocycles. The number of aromatic nitrogens is 1. The van der Waals surface area contributed by atoms with E-state index in [1.807, 2.05) is 6.92 Å². The normalized spacial score (nSPS) is 10.8. The van der Waals surface area contributed by atoms with E-state index in [9.17, 15) is 4.79 Å². The highest BCUT2D eigenvalue weighted by atomic mass is 32.1. The predicted octanol–water partition coefficient (Wildman–Crippen LogP) is 4.03. The molecule has 100 valence electrons. The van der Waals surface area contributed by atoms with Crippen LogP contribution in [-0.4, -0.2) is 18.1 Å². The van der Waals surface area contributed by atoms with Gasteiger partial charge in [0.2, 0.25) is 0 Å². The van der Waals surface area contributed by atoms with Crippen molar-refractivity contribution in [2.24, 2.45) is 0 Å². The number of esters is 1. The Morgan fingerprint density at radius 1 is 1.26 bits per heavy atom. The molecule has 0 fully saturated rings. The lowest BCUT2D eigenvalue weighted by Crippen LogP contribution is -1.99. The van der Waals surface area contributed by atoms with Crippen LogP contribution in [0.4, 0.5) is 0 Å². The summed E-state index contributed by atoms with van der Waals surface area (Å²) in [4.78, 5) is 16.6. The third kappa shape index (κ3) is 2.84. The van der Waals surface area contributed by atoms with Gasteiger partial charge in [-0.2, -0.15) is 0 Å². The van der Waals surface area contributed by atoms with Gasteiger partial charge in [0.05, 0.1) is 12.8 Å². The molecule has 2 aromatic rings. The standard InChI is InChI=1S/C15H17NO2S/c1-9(2)11-5-7-12(8-6-11)14-16-10(3)13(19-14)15(17)18-4/h5-9H,1-4H3. The van der Waals surface area contributed by atoms with Gasteiger partial charge in [-0.1, -0.05) is 38.1 Å². The van der Waals surface area contributed by atoms with E-state index in [1.54, 1.807) is 0 Å². The minimum absolute atomic E-state index is 0.319. The van der Waals surface area contributed by atoms with Crippen LogP contribution in [0.25, 0.3) is 10.6 Å². The Morgan fingerprint density at radius 2 is 1.89 bits per heavy atom. The van der Waals surface area contributed by atoms with Crippen LogP contribution in [-0.2, 0) is 4.74 Å². The fraction of sp³-hybridized carbons (Fsp3) is 0.333. The molecule has 0 N–H and O–H groups in total. The van der Waals surface area contributed by atoms with Crippen LogP contribution in [0.2, 0.25) is 0 Å². The monoisotopic (exact) mass is 275 g/mol. The van der Waals surface area contributed by atoms with Gasteiger partial charge in [-0.25, -0.2) is 9.78 Å². The minimum Gasteiger partial charge on any atom is -0.465 e. The van der Waals surface area contributed by atoms with E-state index in [-0.39, 0.29) is 5.97 Å². The Morgan fingerprint density at radius 3 is 2.42 bits per heavy atom. The lowest BCUT2D eigenvalue weighted by Gasteiger charge is -2.05. The van der Waals surface area contributed by atoms with Crippen molar-refractivity contribution < 1.29 is 9.53 Å². The van der Waals surface area contributed by atoms with Crippen LogP contribution in [0.3, 0.4) is 0 Å². The minimum atomic E-state index is -0.319. The number of ether oxygens (including phenoxy) is 1. The Kier molecular flexibility index (Phi) is 4.00. The quantitative estimate of drug-likeness (QED) is 0.794. The molecule has 0 amide bonds. The highest BCUT2D eigenvalue weighted by molar-refractivity contribution is 7.17. The number of thiazole rings is 1. The molecular formula is C15H17NO2S. The van der Waals surface area contributed by atoms with Crippen molar-refractivity contribution in [3.05, 3.63) is 40.4 Å². The summed E-state index contributed by atoms with van der Waals surface area (Å²) in [5, 5.41) is 0.855. The third-order valence-corrected chi connectivity index (χ3v) is 4.18. The fourth-order valence-electron chi connectivity index (χ4n) is 1.81. The first-order valence-electron chi connectivity index (χ1n) is 6.19. The molecular weight excluding hydrogens is 258 g/mol. The van der Waals surface area contributed by atoms with Gasteiger partial charge in [0, 0.05) is 5.56 Å². The summed E-state index contributed by atoms with van der Waals surface area (Å²) >= 11 is 1.37. The molecule has 4 heteroatoms. The third-order valence-electron chi connectivity index (χ3n) is 2.99. The fourth-order valence-corrected chi connectivity index (χ4v) is 2.80. The lowest BCUT2D eigenvalue weighted by atomic mass is 10.0. The lowest BCUT2D eigenvalue weighted by molar-refractivity contribution is 0.0605. The second kappa shape index (κ2) is 5.53. The van der Waals surface area contributed by atoms with E-state index in [0.717, 1.165) is 16.3 Å². The van der Waals surface area contributed by atoms with Crippen molar-refractivity contribution >= 4 is 17.3 Å². The average Bonchev–Trinajstić information content (AvgIpc) is 2.80. The first-order valence-corrected chi connectivity index (χ1v) is 7.00. The molecule has 19 heavy (non-hydrogen) atoms. The highest BCUT2D eigenvalue weighted by Crippen LogP contribution is 2.29. The van der Waals surface area contributed by atoms with E-state index < -0.39 is 0 Å². The predicted molar refractivity (Wildman–Crippen MR) is 77.7 cm³/mol. The van der Waals surface area contributed by atoms with Crippen LogP contribution in [0, 0.1) is 6.92 Å². The molecule has 1 aromatic heterocycles. The van der Waals surface area contributed by atoms with E-state index in [1.165, 1.54) is 24.0 Å². The molecule has 0 aliphatic rings. The number of rotatable bonds is 3. The Labute approximate surface area is 117 Å². The topological polar surface area (TPSA) is 39.2 Å². The molecule has 0 radical (unpaired) electrons. The number of carbonyl (C=O) groups is 1. The molecule has 0 aliphatic heterocycles. The van der Waals surface area contributed by atoms with E-state index >= 15 is 0 Å². The SMILES string of the molecule is COC(=O)c1sc(-c2ccc(C(C)C)cc2)nc1C. The van der Waals surface area contributed by atoms with Crippen molar-refractivity contribution in [3.8, 4) is 10.6 Å². The second-order valence-corrected chi connectivity index (χ2v) is 5.70. The molecule has 0 bridgehead atoms. The molecule has 0 unspecified atom stereocenters. The van der Waals surface area contributed by atoms with Gasteiger partial charge in [0.25, 0.3) is 0 Å². The first-order chi connectivity index (χ1) is 9.02. The van der Waals surface area contributed by atoms with Crippen LogP contribution < -0.4 is 0 Å². The van der Waals surface area contributed by atoms with Crippen LogP contribution >= 0.6 is 11.3 Å². The van der Waals surface area contributed by atoms with Crippen LogP contribution in [0.15, 0.2) is 24.3 Å². The molecule has 2 rings (SSSR count). The van der Waals surface area contributed by atoms with Gasteiger partial charge in [0.1, 0.15) is 9.88 Å². The Balaban J connectivity index is 2.34. The van der Waals surface area contributed by atoms with Gasteiger partial charge in [0.15, 0.2) is 0 Å². The number of aryl methyl sites for hydroxylation is 1. The van der Waals surface area contributed by atoms with Gasteiger partial charge in [-0.15, -0.1) is 11.3 Å². The maximum Gasteiger partial charge on any atom is 0.349 e. The maximum absolute atomic E-state index is 11.6. The van der Waals surface area contributed by atoms with Crippen molar-refractivity contribution in [1.29, 1.82) is 0 Å². The van der Waals surface area contributed by atoms with Gasteiger partial charge < -0.3 is 4.74 Å². The maximum atomic E-state index is 11.6. The Hall–Kier alpha value is -1.68. The van der Waals surface area contributed by atoms with Gasteiger partial charge in [-0.3, -0.25) is 0 Å². The zero-order valence-electron chi connectivity index (χ0n) is 11.6. The molecule has 1 heterocycles. The highest BCUT2D eigenvalue weighted by Gasteiger charge is 2.16. The number of hydrogen-bond donors (Lipinski definition) is 0. The zero-order valence-corrected chi connectivity index (χ0v) is 12.4. The van der Waals surface area contributed by atoms with Crippen molar-refractivity contribution in [2.45, 2.75) is 26.7 Å². The summed E-state index contributed by atoms with van der Waals surface area (Å²) in [5.74, 6) is 0.192. The smallest absolute Gasteiger partial charge is 0.349 e. The van der Waals surface area contributed by atoms with Gasteiger partial charge >= 0.3 is 5.97 Å². The molecule has 1 aromatic carbocycles. The number of methoxy groups -OCH3 is 1. The average molecular weight is 275 g/mol. The molecule has 0 saturated carbocycles. The number of benzene rings is 1. The second-order valence-electron chi connectivity index (χ2n) is 4.70. The largest absolute Gasteiger partial charge is 0.465 e. The van der Waals surface area contributed by atoms with Crippen molar-refractivity contribution in [1.82, 2.24) is 4.98 Å². The summed E-state index contributed by atoms with van der Waals surface area (Å²) in [6.45, 7) is 6.16. The summed E-state index contributed by atoms with van der Waals surface area (Å²) < 4.78 is 4.75. The van der Waals surface area contributed by atoms with E-state index in [4.69, 9.17) is 4.74 Å². The summed E-state index contributed by atoms with van der Waals surface area (Å²) in [5.41, 5.74) is 3.05. The zero-order chi connectivity index (χ0) is 14.0. The van der Waals surface area contributed by atoms with E-state index in [0.29, 0.717) is 10.8 Å². The van der Waals surface area contributed by atoms with Crippen LogP contribution in [0.5, 0.6) is 0 Å². The number of hydrogen-bond acceptors (Lipinski definition) is 4.